The summed E-state index contributed by atoms with van der Waals surface area (Å²) in [6, 6.07) is 0. The van der Waals surface area contributed by atoms with E-state index in [9.17, 15) is 9.59 Å². The van der Waals surface area contributed by atoms with Gasteiger partial charge in [-0.05, 0) is 20.8 Å². The van der Waals surface area contributed by atoms with Gasteiger partial charge in [0, 0.05) is 18.4 Å². The summed E-state index contributed by atoms with van der Waals surface area (Å²) in [6.07, 6.45) is 0.465. The van der Waals surface area contributed by atoms with Crippen molar-refractivity contribution in [2.45, 2.75) is 59.2 Å². The maximum absolute atomic E-state index is 11.4. The summed E-state index contributed by atoms with van der Waals surface area (Å²) < 4.78 is 10.3. The summed E-state index contributed by atoms with van der Waals surface area (Å²) in [7, 11) is 0. The predicted octanol–water partition coefficient (Wildman–Crippen LogP) is 2.24. The molecule has 5 nitrogen and oxygen atoms in total. The minimum atomic E-state index is -0.497. The molecule has 0 aliphatic carbocycles. The summed E-state index contributed by atoms with van der Waals surface area (Å²) in [6.45, 7) is 9.87. The van der Waals surface area contributed by atoms with Crippen LogP contribution in [-0.4, -0.2) is 30.3 Å². The lowest BCUT2D eigenvalue weighted by Gasteiger charge is -2.24. The van der Waals surface area contributed by atoms with E-state index in [1.807, 2.05) is 34.6 Å². The van der Waals surface area contributed by atoms with E-state index >= 15 is 0 Å². The third-order valence-electron chi connectivity index (χ3n) is 2.82. The van der Waals surface area contributed by atoms with Crippen molar-refractivity contribution in [1.82, 2.24) is 5.32 Å². The third-order valence-corrected chi connectivity index (χ3v) is 2.82. The molecule has 0 aromatic heterocycles. The van der Waals surface area contributed by atoms with Gasteiger partial charge in [-0.15, -0.1) is 0 Å². The van der Waals surface area contributed by atoms with Crippen LogP contribution in [0, 0.1) is 5.41 Å². The van der Waals surface area contributed by atoms with Crippen molar-refractivity contribution < 1.29 is 19.1 Å². The zero-order valence-corrected chi connectivity index (χ0v) is 11.8. The fourth-order valence-corrected chi connectivity index (χ4v) is 1.91. The average molecular weight is 257 g/mol. The topological polar surface area (TPSA) is 64.6 Å². The van der Waals surface area contributed by atoms with E-state index in [0.717, 1.165) is 0 Å². The number of carbonyl (C=O) groups is 2. The van der Waals surface area contributed by atoms with Gasteiger partial charge in [0.25, 0.3) is 0 Å². The lowest BCUT2D eigenvalue weighted by atomic mass is 9.84. The lowest BCUT2D eigenvalue weighted by Crippen LogP contribution is -2.35. The maximum atomic E-state index is 11.4. The molecule has 1 heterocycles. The van der Waals surface area contributed by atoms with Crippen molar-refractivity contribution in [3.8, 4) is 0 Å². The highest BCUT2D eigenvalue weighted by atomic mass is 16.6. The van der Waals surface area contributed by atoms with E-state index in [1.54, 1.807) is 0 Å². The van der Waals surface area contributed by atoms with Crippen LogP contribution in [0.5, 0.6) is 0 Å². The first kappa shape index (κ1) is 14.8. The Morgan fingerprint density at radius 2 is 2.11 bits per heavy atom. The molecule has 1 N–H and O–H groups in total. The van der Waals surface area contributed by atoms with Crippen LogP contribution < -0.4 is 5.32 Å². The van der Waals surface area contributed by atoms with Gasteiger partial charge in [0.05, 0.1) is 6.42 Å². The number of cyclic esters (lactones) is 1. The molecule has 1 amide bonds. The number of alkyl carbamates (subject to hydrolysis) is 1. The highest BCUT2D eigenvalue weighted by Crippen LogP contribution is 2.36. The molecule has 18 heavy (non-hydrogen) atoms. The van der Waals surface area contributed by atoms with Crippen molar-refractivity contribution in [3.05, 3.63) is 0 Å². The Morgan fingerprint density at radius 1 is 1.50 bits per heavy atom. The number of hydrogen-bond acceptors (Lipinski definition) is 4. The third kappa shape index (κ3) is 4.55. The largest absolute Gasteiger partial charge is 0.462 e. The quantitative estimate of drug-likeness (QED) is 0.787. The van der Waals surface area contributed by atoms with E-state index in [1.165, 1.54) is 0 Å². The fraction of sp³-hybridized carbons (Fsp3) is 0.846. The molecule has 0 saturated carbocycles. The Hall–Kier alpha value is -1.26. The van der Waals surface area contributed by atoms with Crippen molar-refractivity contribution in [2.24, 2.45) is 5.41 Å². The molecule has 0 spiro atoms. The van der Waals surface area contributed by atoms with Gasteiger partial charge in [0.1, 0.15) is 11.7 Å². The minimum absolute atomic E-state index is 0.139. The molecule has 1 rings (SSSR count). The van der Waals surface area contributed by atoms with Gasteiger partial charge >= 0.3 is 12.1 Å². The Kier molecular flexibility index (Phi) is 4.24. The normalized spacial score (nSPS) is 22.5. The number of rotatable bonds is 3. The SMILES string of the molecule is CC(C)(C)OC(=O)NCC[C@@H]1OC(=O)CC1(C)C. The first-order valence-corrected chi connectivity index (χ1v) is 6.26. The molecule has 1 fully saturated rings. The monoisotopic (exact) mass is 257 g/mol. The Bertz CT molecular complexity index is 330. The second-order valence-corrected chi connectivity index (χ2v) is 6.36. The van der Waals surface area contributed by atoms with Crippen LogP contribution in [0.3, 0.4) is 0 Å². The first-order valence-electron chi connectivity index (χ1n) is 6.26. The van der Waals surface area contributed by atoms with Crippen LogP contribution in [0.2, 0.25) is 0 Å². The number of hydrogen-bond donors (Lipinski definition) is 1. The number of carbonyl (C=O) groups excluding carboxylic acids is 2. The molecular formula is C13H23NO4. The minimum Gasteiger partial charge on any atom is -0.462 e. The van der Waals surface area contributed by atoms with Crippen molar-refractivity contribution in [1.29, 1.82) is 0 Å². The fourth-order valence-electron chi connectivity index (χ4n) is 1.91. The van der Waals surface area contributed by atoms with Gasteiger partial charge in [-0.2, -0.15) is 0 Å². The molecule has 0 aromatic rings. The van der Waals surface area contributed by atoms with Crippen LogP contribution in [0.1, 0.15) is 47.5 Å². The number of ether oxygens (including phenoxy) is 2. The Morgan fingerprint density at radius 3 is 2.56 bits per heavy atom. The number of nitrogens with one attached hydrogen (secondary N) is 1. The van der Waals surface area contributed by atoms with Gasteiger partial charge < -0.3 is 14.8 Å². The van der Waals surface area contributed by atoms with Crippen molar-refractivity contribution >= 4 is 12.1 Å². The number of amides is 1. The molecule has 5 heteroatoms. The molecule has 1 saturated heterocycles. The van der Waals surface area contributed by atoms with E-state index < -0.39 is 11.7 Å². The molecule has 1 aliphatic heterocycles. The van der Waals surface area contributed by atoms with Crippen molar-refractivity contribution in [2.75, 3.05) is 6.54 Å². The molecular weight excluding hydrogens is 234 g/mol. The molecule has 104 valence electrons. The second kappa shape index (κ2) is 5.16. The zero-order chi connectivity index (χ0) is 14.0. The summed E-state index contributed by atoms with van der Waals surface area (Å²) >= 11 is 0. The van der Waals surface area contributed by atoms with Gasteiger partial charge in [-0.25, -0.2) is 4.79 Å². The molecule has 0 aromatic carbocycles. The van der Waals surface area contributed by atoms with Crippen LogP contribution in [0.25, 0.3) is 0 Å². The van der Waals surface area contributed by atoms with E-state index in [4.69, 9.17) is 9.47 Å². The van der Waals surface area contributed by atoms with Crippen LogP contribution in [0.4, 0.5) is 4.79 Å². The number of esters is 1. The summed E-state index contributed by atoms with van der Waals surface area (Å²) in [5, 5.41) is 2.67. The van der Waals surface area contributed by atoms with E-state index in [-0.39, 0.29) is 17.5 Å². The predicted molar refractivity (Wildman–Crippen MR) is 67.1 cm³/mol. The van der Waals surface area contributed by atoms with Crippen LogP contribution in [0.15, 0.2) is 0 Å². The smallest absolute Gasteiger partial charge is 0.407 e. The molecule has 0 radical (unpaired) electrons. The maximum Gasteiger partial charge on any atom is 0.407 e. The highest BCUT2D eigenvalue weighted by Gasteiger charge is 2.41. The van der Waals surface area contributed by atoms with Gasteiger partial charge in [-0.1, -0.05) is 13.8 Å². The van der Waals surface area contributed by atoms with E-state index in [0.29, 0.717) is 19.4 Å². The average Bonchev–Trinajstić information content (AvgIpc) is 2.36. The Labute approximate surface area is 108 Å². The summed E-state index contributed by atoms with van der Waals surface area (Å²) in [4.78, 5) is 22.6. The highest BCUT2D eigenvalue weighted by molar-refractivity contribution is 5.73. The molecule has 0 bridgehead atoms. The molecule has 1 aliphatic rings. The van der Waals surface area contributed by atoms with Crippen molar-refractivity contribution in [3.63, 3.8) is 0 Å². The molecule has 1 atom stereocenters. The van der Waals surface area contributed by atoms with E-state index in [2.05, 4.69) is 5.32 Å². The summed E-state index contributed by atoms with van der Waals surface area (Å²) in [5.41, 5.74) is -0.657. The van der Waals surface area contributed by atoms with Crippen LogP contribution in [-0.2, 0) is 14.3 Å². The second-order valence-electron chi connectivity index (χ2n) is 6.36. The zero-order valence-electron chi connectivity index (χ0n) is 11.8. The first-order chi connectivity index (χ1) is 8.10. The van der Waals surface area contributed by atoms with Gasteiger partial charge in [0.15, 0.2) is 0 Å². The van der Waals surface area contributed by atoms with Gasteiger partial charge in [-0.3, -0.25) is 4.79 Å². The lowest BCUT2D eigenvalue weighted by molar-refractivity contribution is -0.141. The molecule has 0 unspecified atom stereocenters. The standard InChI is InChI=1S/C13H23NO4/c1-12(2,3)18-11(16)14-7-6-9-13(4,5)8-10(15)17-9/h9H,6-8H2,1-5H3,(H,14,16)/t9-/m0/s1. The van der Waals surface area contributed by atoms with Crippen LogP contribution >= 0.6 is 0 Å². The Balaban J connectivity index is 2.30. The summed E-state index contributed by atoms with van der Waals surface area (Å²) in [5.74, 6) is -0.165. The van der Waals surface area contributed by atoms with Gasteiger partial charge in [0.2, 0.25) is 0 Å².